The molecule has 4 heterocycles. The molecule has 1 aromatic rings. The molecule has 3 amide bonds. The lowest BCUT2D eigenvalue weighted by atomic mass is 9.81. The number of alkyl halides is 3. The van der Waals surface area contributed by atoms with Crippen LogP contribution >= 0.6 is 0 Å². The average Bonchev–Trinajstić information content (AvgIpc) is 3.16. The van der Waals surface area contributed by atoms with E-state index in [0.29, 0.717) is 23.5 Å². The lowest BCUT2D eigenvalue weighted by molar-refractivity contribution is -0.193. The topological polar surface area (TPSA) is 81.8 Å². The summed E-state index contributed by atoms with van der Waals surface area (Å²) in [6, 6.07) is 4.82. The summed E-state index contributed by atoms with van der Waals surface area (Å²) in [6.45, 7) is 2.22. The van der Waals surface area contributed by atoms with Crippen molar-refractivity contribution in [3.8, 4) is 0 Å². The van der Waals surface area contributed by atoms with Gasteiger partial charge in [-0.15, -0.1) is 0 Å². The van der Waals surface area contributed by atoms with Crippen LogP contribution in [0.3, 0.4) is 0 Å². The number of nitrogens with zero attached hydrogens (tertiary/aromatic N) is 2. The van der Waals surface area contributed by atoms with Crippen LogP contribution in [0.15, 0.2) is 18.2 Å². The number of halogens is 3. The van der Waals surface area contributed by atoms with Gasteiger partial charge in [0, 0.05) is 37.7 Å². The number of rotatable bonds is 4. The Morgan fingerprint density at radius 1 is 1.00 bits per heavy atom. The Balaban J connectivity index is 1.39. The summed E-state index contributed by atoms with van der Waals surface area (Å²) in [4.78, 5) is 40.8. The summed E-state index contributed by atoms with van der Waals surface area (Å²) < 4.78 is 41.0. The van der Waals surface area contributed by atoms with E-state index in [1.807, 2.05) is 23.1 Å². The number of amides is 3. The standard InChI is InChI=1S/C25H31F3N4O3/c26-25(27,28)18-4-5-19(15-8-10-29-11-9-15)31(14-18)12-16-2-1-3-17-13-32(24(35)22(16)17)20-6-7-21(33)30-23(20)34/h1-3,15,18-20,29H,4-14H2,(H,30,33,34). The van der Waals surface area contributed by atoms with Crippen LogP contribution in [-0.2, 0) is 22.7 Å². The minimum Gasteiger partial charge on any atom is -0.322 e. The molecule has 4 aliphatic heterocycles. The first-order chi connectivity index (χ1) is 16.7. The monoisotopic (exact) mass is 492 g/mol. The molecule has 0 saturated carbocycles. The molecule has 0 bridgehead atoms. The number of hydrogen-bond donors (Lipinski definition) is 2. The van der Waals surface area contributed by atoms with Gasteiger partial charge in [0.2, 0.25) is 11.8 Å². The number of imide groups is 1. The fraction of sp³-hybridized carbons (Fsp3) is 0.640. The second kappa shape index (κ2) is 9.54. The first kappa shape index (κ1) is 24.2. The van der Waals surface area contributed by atoms with Crippen molar-refractivity contribution in [3.63, 3.8) is 0 Å². The zero-order chi connectivity index (χ0) is 24.7. The molecule has 3 saturated heterocycles. The van der Waals surface area contributed by atoms with Gasteiger partial charge >= 0.3 is 6.18 Å². The van der Waals surface area contributed by atoms with Gasteiger partial charge in [0.15, 0.2) is 0 Å². The molecule has 7 nitrogen and oxygen atoms in total. The smallest absolute Gasteiger partial charge is 0.322 e. The Kier molecular flexibility index (Phi) is 6.61. The first-order valence-electron chi connectivity index (χ1n) is 12.5. The molecular weight excluding hydrogens is 461 g/mol. The van der Waals surface area contributed by atoms with E-state index in [-0.39, 0.29) is 56.8 Å². The summed E-state index contributed by atoms with van der Waals surface area (Å²) in [7, 11) is 0. The molecule has 0 aliphatic carbocycles. The van der Waals surface area contributed by atoms with Gasteiger partial charge in [-0.2, -0.15) is 13.2 Å². The molecule has 3 unspecified atom stereocenters. The summed E-state index contributed by atoms with van der Waals surface area (Å²) >= 11 is 0. The van der Waals surface area contributed by atoms with E-state index < -0.39 is 24.0 Å². The van der Waals surface area contributed by atoms with E-state index in [1.54, 1.807) is 0 Å². The molecule has 35 heavy (non-hydrogen) atoms. The molecule has 1 aromatic carbocycles. The van der Waals surface area contributed by atoms with E-state index in [1.165, 1.54) is 4.90 Å². The van der Waals surface area contributed by atoms with Crippen molar-refractivity contribution < 1.29 is 27.6 Å². The SMILES string of the molecule is O=C1CCC(N2Cc3cccc(CN4CC(C(F)(F)F)CCC4C4CCNCC4)c3C2=O)C(=O)N1. The minimum absolute atomic E-state index is 0.0503. The highest BCUT2D eigenvalue weighted by Gasteiger charge is 2.46. The number of benzene rings is 1. The third-order valence-electron chi connectivity index (χ3n) is 8.14. The fourth-order valence-corrected chi connectivity index (χ4v) is 6.32. The molecule has 5 rings (SSSR count). The number of likely N-dealkylation sites (tertiary alicyclic amines) is 1. The molecule has 0 spiro atoms. The molecule has 4 aliphatic rings. The molecule has 0 aromatic heterocycles. The van der Waals surface area contributed by atoms with Crippen molar-refractivity contribution in [1.29, 1.82) is 0 Å². The van der Waals surface area contributed by atoms with Gasteiger partial charge in [-0.3, -0.25) is 24.6 Å². The molecule has 2 N–H and O–H groups in total. The number of fused-ring (bicyclic) bond motifs is 1. The second-order valence-corrected chi connectivity index (χ2v) is 10.3. The molecule has 3 atom stereocenters. The third-order valence-corrected chi connectivity index (χ3v) is 8.14. The van der Waals surface area contributed by atoms with Crippen LogP contribution in [-0.4, -0.2) is 65.4 Å². The summed E-state index contributed by atoms with van der Waals surface area (Å²) in [5, 5.41) is 5.63. The van der Waals surface area contributed by atoms with Crippen molar-refractivity contribution in [3.05, 3.63) is 34.9 Å². The maximum Gasteiger partial charge on any atom is 0.393 e. The van der Waals surface area contributed by atoms with Crippen molar-refractivity contribution in [1.82, 2.24) is 20.4 Å². The zero-order valence-electron chi connectivity index (χ0n) is 19.6. The highest BCUT2D eigenvalue weighted by atomic mass is 19.4. The largest absolute Gasteiger partial charge is 0.393 e. The van der Waals surface area contributed by atoms with E-state index in [0.717, 1.165) is 31.5 Å². The van der Waals surface area contributed by atoms with Gasteiger partial charge in [-0.1, -0.05) is 18.2 Å². The lowest BCUT2D eigenvalue weighted by Gasteiger charge is -2.45. The summed E-state index contributed by atoms with van der Waals surface area (Å²) in [6.07, 6.45) is -1.27. The van der Waals surface area contributed by atoms with Crippen LogP contribution in [0.4, 0.5) is 13.2 Å². The van der Waals surface area contributed by atoms with Crippen molar-refractivity contribution in [2.45, 2.75) is 69.9 Å². The molecule has 190 valence electrons. The van der Waals surface area contributed by atoms with Gasteiger partial charge < -0.3 is 10.2 Å². The van der Waals surface area contributed by atoms with Gasteiger partial charge in [-0.25, -0.2) is 0 Å². The molecular formula is C25H31F3N4O3. The molecule has 10 heteroatoms. The maximum atomic E-state index is 13.7. The number of nitrogens with one attached hydrogen (secondary N) is 2. The van der Waals surface area contributed by atoms with Crippen molar-refractivity contribution in [2.75, 3.05) is 19.6 Å². The van der Waals surface area contributed by atoms with Crippen LogP contribution in [0, 0.1) is 11.8 Å². The summed E-state index contributed by atoms with van der Waals surface area (Å²) in [5.41, 5.74) is 1.99. The number of carbonyl (C=O) groups is 3. The maximum absolute atomic E-state index is 13.7. The Hall–Kier alpha value is -2.46. The summed E-state index contributed by atoms with van der Waals surface area (Å²) in [5.74, 6) is -2.14. The second-order valence-electron chi connectivity index (χ2n) is 10.3. The Labute approximate surface area is 202 Å². The van der Waals surface area contributed by atoms with Gasteiger partial charge in [-0.05, 0) is 62.2 Å². The van der Waals surface area contributed by atoms with Gasteiger partial charge in [0.25, 0.3) is 5.91 Å². The number of hydrogen-bond acceptors (Lipinski definition) is 5. The molecule has 0 radical (unpaired) electrons. The quantitative estimate of drug-likeness (QED) is 0.632. The third kappa shape index (κ3) is 4.82. The van der Waals surface area contributed by atoms with Crippen molar-refractivity contribution >= 4 is 17.7 Å². The predicted octanol–water partition coefficient (Wildman–Crippen LogP) is 2.59. The van der Waals surface area contributed by atoms with E-state index >= 15 is 0 Å². The van der Waals surface area contributed by atoms with Crippen LogP contribution in [0.2, 0.25) is 0 Å². The van der Waals surface area contributed by atoms with Crippen LogP contribution in [0.25, 0.3) is 0 Å². The van der Waals surface area contributed by atoms with Crippen LogP contribution < -0.4 is 10.6 Å². The molecule has 3 fully saturated rings. The van der Waals surface area contributed by atoms with Gasteiger partial charge in [0.1, 0.15) is 6.04 Å². The van der Waals surface area contributed by atoms with E-state index in [2.05, 4.69) is 10.6 Å². The van der Waals surface area contributed by atoms with Crippen LogP contribution in [0.5, 0.6) is 0 Å². The highest BCUT2D eigenvalue weighted by Crippen LogP contribution is 2.40. The number of piperidine rings is 3. The number of carbonyl (C=O) groups excluding carboxylic acids is 3. The average molecular weight is 493 g/mol. The zero-order valence-corrected chi connectivity index (χ0v) is 19.6. The minimum atomic E-state index is -4.24. The normalized spacial score (nSPS) is 28.8. The predicted molar refractivity (Wildman–Crippen MR) is 121 cm³/mol. The fourth-order valence-electron chi connectivity index (χ4n) is 6.32. The highest BCUT2D eigenvalue weighted by molar-refractivity contribution is 6.06. The lowest BCUT2D eigenvalue weighted by Crippen LogP contribution is -2.52. The van der Waals surface area contributed by atoms with Crippen molar-refractivity contribution in [2.24, 2.45) is 11.8 Å². The van der Waals surface area contributed by atoms with E-state index in [4.69, 9.17) is 0 Å². The Morgan fingerprint density at radius 2 is 1.77 bits per heavy atom. The Bertz CT molecular complexity index is 1010. The first-order valence-corrected chi connectivity index (χ1v) is 12.5. The van der Waals surface area contributed by atoms with Gasteiger partial charge in [0.05, 0.1) is 5.92 Å². The Morgan fingerprint density at radius 3 is 2.49 bits per heavy atom. The van der Waals surface area contributed by atoms with Crippen LogP contribution in [0.1, 0.15) is 60.0 Å². The van der Waals surface area contributed by atoms with E-state index in [9.17, 15) is 27.6 Å².